The molecule has 2 rings (SSSR count). The summed E-state index contributed by atoms with van der Waals surface area (Å²) in [6.45, 7) is 11.4. The Balaban J connectivity index is 1.75. The predicted molar refractivity (Wildman–Crippen MR) is 117 cm³/mol. The van der Waals surface area contributed by atoms with Crippen LogP contribution in [0.5, 0.6) is 0 Å². The summed E-state index contributed by atoms with van der Waals surface area (Å²) in [5.74, 6) is 1.67. The summed E-state index contributed by atoms with van der Waals surface area (Å²) < 4.78 is 0.0975. The second-order valence-electron chi connectivity index (χ2n) is 7.25. The van der Waals surface area contributed by atoms with Gasteiger partial charge in [-0.15, -0.1) is 0 Å². The van der Waals surface area contributed by atoms with Crippen LogP contribution in [0.1, 0.15) is 27.2 Å². The van der Waals surface area contributed by atoms with Crippen LogP contribution in [0.3, 0.4) is 0 Å². The number of thioether (sulfide) groups is 1. The van der Waals surface area contributed by atoms with Gasteiger partial charge in [0, 0.05) is 62.8 Å². The SMILES string of the molecule is CCNC(=NCC(C)(C)SC)NCCC(=O)N1CCN(c2ncccn2)CC1. The molecule has 1 amide bonds. The topological polar surface area (TPSA) is 85.8 Å². The van der Waals surface area contributed by atoms with Crippen LogP contribution in [-0.2, 0) is 4.79 Å². The van der Waals surface area contributed by atoms with Gasteiger partial charge >= 0.3 is 0 Å². The Morgan fingerprint density at radius 1 is 1.21 bits per heavy atom. The molecule has 0 bridgehead atoms. The number of piperazine rings is 1. The molecule has 156 valence electrons. The maximum atomic E-state index is 12.5. The molecule has 0 saturated carbocycles. The van der Waals surface area contributed by atoms with Crippen LogP contribution in [0.4, 0.5) is 5.95 Å². The van der Waals surface area contributed by atoms with Crippen LogP contribution < -0.4 is 15.5 Å². The number of nitrogens with one attached hydrogen (secondary N) is 2. The highest BCUT2D eigenvalue weighted by atomic mass is 32.2. The van der Waals surface area contributed by atoms with Crippen LogP contribution in [0, 0.1) is 0 Å². The lowest BCUT2D eigenvalue weighted by molar-refractivity contribution is -0.131. The van der Waals surface area contributed by atoms with E-state index in [0.717, 1.165) is 38.1 Å². The smallest absolute Gasteiger partial charge is 0.225 e. The lowest BCUT2D eigenvalue weighted by atomic mass is 10.2. The second kappa shape index (κ2) is 11.1. The number of guanidine groups is 1. The zero-order valence-corrected chi connectivity index (χ0v) is 18.3. The number of hydrogen-bond donors (Lipinski definition) is 2. The first-order valence-electron chi connectivity index (χ1n) is 9.82. The summed E-state index contributed by atoms with van der Waals surface area (Å²) in [5.41, 5.74) is 0. The minimum Gasteiger partial charge on any atom is -0.357 e. The number of aliphatic imine (C=N–C) groups is 1. The Morgan fingerprint density at radius 2 is 1.89 bits per heavy atom. The molecule has 9 heteroatoms. The Labute approximate surface area is 172 Å². The van der Waals surface area contributed by atoms with Gasteiger partial charge in [-0.1, -0.05) is 0 Å². The van der Waals surface area contributed by atoms with Gasteiger partial charge in [0.15, 0.2) is 5.96 Å². The first kappa shape index (κ1) is 22.3. The Kier molecular flexibility index (Phi) is 8.82. The number of nitrogens with zero attached hydrogens (tertiary/aromatic N) is 5. The van der Waals surface area contributed by atoms with E-state index in [1.807, 2.05) is 17.9 Å². The second-order valence-corrected chi connectivity index (χ2v) is 8.77. The quantitative estimate of drug-likeness (QED) is 0.495. The van der Waals surface area contributed by atoms with E-state index in [0.29, 0.717) is 26.1 Å². The van der Waals surface area contributed by atoms with Gasteiger partial charge in [0.25, 0.3) is 0 Å². The van der Waals surface area contributed by atoms with E-state index in [1.54, 1.807) is 24.2 Å². The molecule has 0 spiro atoms. The summed E-state index contributed by atoms with van der Waals surface area (Å²) in [6, 6.07) is 1.81. The number of carbonyl (C=O) groups is 1. The van der Waals surface area contributed by atoms with E-state index in [4.69, 9.17) is 0 Å². The lowest BCUT2D eigenvalue weighted by Gasteiger charge is -2.34. The molecule has 1 aromatic rings. The molecule has 0 aromatic carbocycles. The fourth-order valence-corrected chi connectivity index (χ4v) is 2.93. The van der Waals surface area contributed by atoms with E-state index >= 15 is 0 Å². The average molecular weight is 408 g/mol. The van der Waals surface area contributed by atoms with Crippen molar-refractivity contribution in [3.8, 4) is 0 Å². The molecular formula is C19H33N7OS. The summed E-state index contributed by atoms with van der Waals surface area (Å²) in [4.78, 5) is 29.7. The van der Waals surface area contributed by atoms with E-state index in [1.165, 1.54) is 0 Å². The van der Waals surface area contributed by atoms with Crippen molar-refractivity contribution in [3.05, 3.63) is 18.5 Å². The van der Waals surface area contributed by atoms with Gasteiger partial charge in [0.2, 0.25) is 11.9 Å². The monoisotopic (exact) mass is 407 g/mol. The fourth-order valence-electron chi connectivity index (χ4n) is 2.73. The number of amides is 1. The molecule has 0 unspecified atom stereocenters. The Hall–Kier alpha value is -2.03. The van der Waals surface area contributed by atoms with E-state index in [2.05, 4.69) is 50.6 Å². The maximum Gasteiger partial charge on any atom is 0.225 e. The van der Waals surface area contributed by atoms with Crippen LogP contribution >= 0.6 is 11.8 Å². The summed E-state index contributed by atoms with van der Waals surface area (Å²) in [6.07, 6.45) is 6.04. The van der Waals surface area contributed by atoms with Crippen molar-refractivity contribution >= 4 is 29.6 Å². The third-order valence-corrected chi connectivity index (χ3v) is 5.85. The van der Waals surface area contributed by atoms with Crippen molar-refractivity contribution in [2.45, 2.75) is 31.9 Å². The Bertz CT molecular complexity index is 630. The molecule has 1 aliphatic heterocycles. The highest BCUT2D eigenvalue weighted by Gasteiger charge is 2.22. The molecular weight excluding hydrogens is 374 g/mol. The molecule has 1 aliphatic rings. The third-order valence-electron chi connectivity index (χ3n) is 4.61. The van der Waals surface area contributed by atoms with Gasteiger partial charge in [-0.3, -0.25) is 9.79 Å². The number of rotatable bonds is 8. The van der Waals surface area contributed by atoms with Crippen molar-refractivity contribution in [3.63, 3.8) is 0 Å². The summed E-state index contributed by atoms with van der Waals surface area (Å²) in [5, 5.41) is 6.51. The molecule has 1 fully saturated rings. The van der Waals surface area contributed by atoms with Crippen molar-refractivity contribution in [1.29, 1.82) is 0 Å². The maximum absolute atomic E-state index is 12.5. The molecule has 0 atom stereocenters. The minimum absolute atomic E-state index is 0.0975. The molecule has 0 aliphatic carbocycles. The molecule has 1 aromatic heterocycles. The molecule has 8 nitrogen and oxygen atoms in total. The Morgan fingerprint density at radius 3 is 2.50 bits per heavy atom. The van der Waals surface area contributed by atoms with Gasteiger partial charge in [0.1, 0.15) is 0 Å². The van der Waals surface area contributed by atoms with Crippen LogP contribution in [-0.4, -0.2) is 83.6 Å². The number of hydrogen-bond acceptors (Lipinski definition) is 6. The van der Waals surface area contributed by atoms with Gasteiger partial charge in [0.05, 0.1) is 6.54 Å². The highest BCUT2D eigenvalue weighted by Crippen LogP contribution is 2.20. The van der Waals surface area contributed by atoms with E-state index in [-0.39, 0.29) is 10.7 Å². The first-order chi connectivity index (χ1) is 13.4. The van der Waals surface area contributed by atoms with Gasteiger partial charge in [-0.25, -0.2) is 9.97 Å². The van der Waals surface area contributed by atoms with Crippen LogP contribution in [0.2, 0.25) is 0 Å². The number of carbonyl (C=O) groups excluding carboxylic acids is 1. The third kappa shape index (κ3) is 7.18. The van der Waals surface area contributed by atoms with Crippen molar-refractivity contribution in [1.82, 2.24) is 25.5 Å². The molecule has 28 heavy (non-hydrogen) atoms. The minimum atomic E-state index is 0.0975. The normalized spacial score (nSPS) is 15.5. The van der Waals surface area contributed by atoms with Crippen LogP contribution in [0.25, 0.3) is 0 Å². The van der Waals surface area contributed by atoms with Crippen molar-refractivity contribution < 1.29 is 4.79 Å². The zero-order valence-electron chi connectivity index (χ0n) is 17.4. The van der Waals surface area contributed by atoms with Crippen molar-refractivity contribution in [2.75, 3.05) is 57.0 Å². The van der Waals surface area contributed by atoms with E-state index in [9.17, 15) is 4.79 Å². The van der Waals surface area contributed by atoms with Gasteiger partial charge in [-0.2, -0.15) is 11.8 Å². The van der Waals surface area contributed by atoms with Gasteiger partial charge < -0.3 is 20.4 Å². The number of aromatic nitrogens is 2. The molecule has 2 N–H and O–H groups in total. The first-order valence-corrected chi connectivity index (χ1v) is 11.0. The van der Waals surface area contributed by atoms with E-state index < -0.39 is 0 Å². The zero-order chi connectivity index (χ0) is 20.4. The molecule has 1 saturated heterocycles. The average Bonchev–Trinajstić information content (AvgIpc) is 2.72. The number of anilines is 1. The summed E-state index contributed by atoms with van der Waals surface area (Å²) >= 11 is 1.80. The molecule has 0 radical (unpaired) electrons. The lowest BCUT2D eigenvalue weighted by Crippen LogP contribution is -2.50. The van der Waals surface area contributed by atoms with Crippen LogP contribution in [0.15, 0.2) is 23.5 Å². The highest BCUT2D eigenvalue weighted by molar-refractivity contribution is 7.99. The largest absolute Gasteiger partial charge is 0.357 e. The fraction of sp³-hybridized carbons (Fsp3) is 0.684. The van der Waals surface area contributed by atoms with Crippen molar-refractivity contribution in [2.24, 2.45) is 4.99 Å². The van der Waals surface area contributed by atoms with Gasteiger partial charge in [-0.05, 0) is 33.1 Å². The summed E-state index contributed by atoms with van der Waals surface area (Å²) in [7, 11) is 0. The molecule has 2 heterocycles. The standard InChI is InChI=1S/C19H33N7OS/c1-5-20-17(24-15-19(2,3)28-4)21-10-7-16(27)25-11-13-26(14-12-25)18-22-8-6-9-23-18/h6,8-9H,5,7,10-15H2,1-4H3,(H2,20,21,24). The predicted octanol–water partition coefficient (Wildman–Crippen LogP) is 1.21.